The Hall–Kier alpha value is -1.26. The van der Waals surface area contributed by atoms with Crippen LogP contribution < -0.4 is 10.1 Å². The molecule has 3 N–H and O–H groups in total. The van der Waals surface area contributed by atoms with Crippen molar-refractivity contribution in [2.24, 2.45) is 0 Å². The van der Waals surface area contributed by atoms with Crippen LogP contribution >= 0.6 is 0 Å². The molecule has 0 aliphatic carbocycles. The molecule has 0 radical (unpaired) electrons. The number of fused-ring (bicyclic) bond motifs is 1. The number of aromatic hydroxyl groups is 1. The summed E-state index contributed by atoms with van der Waals surface area (Å²) in [5, 5.41) is 22.7. The van der Waals surface area contributed by atoms with Crippen molar-refractivity contribution in [1.82, 2.24) is 5.32 Å². The highest BCUT2D eigenvalue weighted by Crippen LogP contribution is 2.44. The van der Waals surface area contributed by atoms with Crippen LogP contribution in [0.15, 0.2) is 18.2 Å². The molecule has 0 saturated carbocycles. The van der Waals surface area contributed by atoms with Crippen molar-refractivity contribution in [3.63, 3.8) is 0 Å². The van der Waals surface area contributed by atoms with E-state index in [0.717, 1.165) is 13.1 Å². The normalized spacial score (nSPS) is 26.6. The highest BCUT2D eigenvalue weighted by Gasteiger charge is 2.46. The van der Waals surface area contributed by atoms with E-state index in [1.165, 1.54) is 0 Å². The van der Waals surface area contributed by atoms with E-state index >= 15 is 0 Å². The zero-order chi connectivity index (χ0) is 10.5. The molecule has 4 nitrogen and oxygen atoms in total. The van der Waals surface area contributed by atoms with Crippen molar-refractivity contribution in [1.29, 1.82) is 0 Å². The Bertz CT molecular complexity index is 401. The first-order valence-corrected chi connectivity index (χ1v) is 5.10. The minimum atomic E-state index is -0.628. The number of aliphatic hydroxyl groups is 1. The van der Waals surface area contributed by atoms with E-state index < -0.39 is 6.10 Å². The Morgan fingerprint density at radius 3 is 2.87 bits per heavy atom. The predicted molar refractivity (Wildman–Crippen MR) is 53.9 cm³/mol. The molecule has 15 heavy (non-hydrogen) atoms. The maximum Gasteiger partial charge on any atom is 0.136 e. The molecule has 3 rings (SSSR count). The van der Waals surface area contributed by atoms with Crippen LogP contribution in [0.2, 0.25) is 0 Å². The number of aliphatic hydroxyl groups excluding tert-OH is 1. The van der Waals surface area contributed by atoms with E-state index in [1.54, 1.807) is 18.2 Å². The number of hydrogen-bond donors (Lipinski definition) is 3. The van der Waals surface area contributed by atoms with Crippen LogP contribution in [0, 0.1) is 0 Å². The lowest BCUT2D eigenvalue weighted by molar-refractivity contribution is -0.0490. The molecule has 2 aliphatic rings. The Balaban J connectivity index is 2.04. The molecular weight excluding hydrogens is 194 g/mol. The Morgan fingerprint density at radius 2 is 2.20 bits per heavy atom. The summed E-state index contributed by atoms with van der Waals surface area (Å²) in [6, 6.07) is 5.09. The second-order valence-corrected chi connectivity index (χ2v) is 4.30. The monoisotopic (exact) mass is 207 g/mol. The van der Waals surface area contributed by atoms with Crippen LogP contribution in [0.5, 0.6) is 11.5 Å². The molecule has 1 fully saturated rings. The van der Waals surface area contributed by atoms with Gasteiger partial charge in [-0.1, -0.05) is 6.07 Å². The van der Waals surface area contributed by atoms with Gasteiger partial charge in [0.1, 0.15) is 17.1 Å². The summed E-state index contributed by atoms with van der Waals surface area (Å²) in [6.07, 6.45) is -0.0815. The van der Waals surface area contributed by atoms with Gasteiger partial charge < -0.3 is 20.3 Å². The third-order valence-electron chi connectivity index (χ3n) is 3.16. The average molecular weight is 207 g/mol. The number of rotatable bonds is 0. The van der Waals surface area contributed by atoms with Crippen LogP contribution in [0.25, 0.3) is 0 Å². The van der Waals surface area contributed by atoms with Gasteiger partial charge in [0.15, 0.2) is 0 Å². The van der Waals surface area contributed by atoms with Crippen molar-refractivity contribution in [3.8, 4) is 11.5 Å². The molecule has 0 bridgehead atoms. The van der Waals surface area contributed by atoms with Gasteiger partial charge in [0.2, 0.25) is 0 Å². The van der Waals surface area contributed by atoms with E-state index in [0.29, 0.717) is 17.7 Å². The van der Waals surface area contributed by atoms with Gasteiger partial charge in [-0.25, -0.2) is 0 Å². The SMILES string of the molecule is Oc1cccc2c1C(O)CC1(CNC1)O2. The Labute approximate surface area is 87.5 Å². The molecule has 4 heteroatoms. The van der Waals surface area contributed by atoms with E-state index in [4.69, 9.17) is 4.74 Å². The lowest BCUT2D eigenvalue weighted by Gasteiger charge is -2.47. The zero-order valence-electron chi connectivity index (χ0n) is 8.23. The van der Waals surface area contributed by atoms with Gasteiger partial charge in [0.05, 0.1) is 11.7 Å². The summed E-state index contributed by atoms with van der Waals surface area (Å²) in [5.74, 6) is 0.720. The fraction of sp³-hybridized carbons (Fsp3) is 0.455. The third kappa shape index (κ3) is 1.22. The third-order valence-corrected chi connectivity index (χ3v) is 3.16. The number of hydrogen-bond acceptors (Lipinski definition) is 4. The van der Waals surface area contributed by atoms with Crippen LogP contribution in [-0.4, -0.2) is 28.9 Å². The first kappa shape index (κ1) is 9.00. The topological polar surface area (TPSA) is 61.7 Å². The maximum atomic E-state index is 9.98. The van der Waals surface area contributed by atoms with Crippen molar-refractivity contribution < 1.29 is 14.9 Å². The van der Waals surface area contributed by atoms with Crippen molar-refractivity contribution in [3.05, 3.63) is 23.8 Å². The quantitative estimate of drug-likeness (QED) is 0.581. The summed E-state index contributed by atoms with van der Waals surface area (Å²) >= 11 is 0. The second-order valence-electron chi connectivity index (χ2n) is 4.30. The number of phenolic OH excluding ortho intramolecular Hbond substituents is 1. The minimum Gasteiger partial charge on any atom is -0.507 e. The van der Waals surface area contributed by atoms with E-state index in [-0.39, 0.29) is 11.4 Å². The fourth-order valence-corrected chi connectivity index (χ4v) is 2.31. The lowest BCUT2D eigenvalue weighted by Crippen LogP contribution is -2.64. The molecule has 1 aromatic carbocycles. The van der Waals surface area contributed by atoms with Crippen LogP contribution in [0.3, 0.4) is 0 Å². The van der Waals surface area contributed by atoms with Gasteiger partial charge in [0.25, 0.3) is 0 Å². The summed E-state index contributed by atoms with van der Waals surface area (Å²) in [6.45, 7) is 1.53. The highest BCUT2D eigenvalue weighted by molar-refractivity contribution is 5.47. The number of ether oxygens (including phenoxy) is 1. The van der Waals surface area contributed by atoms with Crippen molar-refractivity contribution in [2.45, 2.75) is 18.1 Å². The largest absolute Gasteiger partial charge is 0.507 e. The first-order valence-electron chi connectivity index (χ1n) is 5.10. The van der Waals surface area contributed by atoms with Gasteiger partial charge in [-0.3, -0.25) is 0 Å². The molecule has 1 unspecified atom stereocenters. The molecule has 0 aromatic heterocycles. The zero-order valence-corrected chi connectivity index (χ0v) is 8.23. The molecular formula is C11H13NO3. The molecule has 2 heterocycles. The molecule has 80 valence electrons. The summed E-state index contributed by atoms with van der Waals surface area (Å²) in [4.78, 5) is 0. The molecule has 1 atom stereocenters. The maximum absolute atomic E-state index is 9.98. The molecule has 1 aromatic rings. The average Bonchev–Trinajstić information content (AvgIpc) is 2.14. The number of benzene rings is 1. The predicted octanol–water partition coefficient (Wildman–Crippen LogP) is 0.550. The fourth-order valence-electron chi connectivity index (χ4n) is 2.31. The van der Waals surface area contributed by atoms with E-state index in [2.05, 4.69) is 5.32 Å². The van der Waals surface area contributed by atoms with Gasteiger partial charge in [-0.15, -0.1) is 0 Å². The second kappa shape index (κ2) is 2.87. The van der Waals surface area contributed by atoms with Crippen molar-refractivity contribution >= 4 is 0 Å². The molecule has 2 aliphatic heterocycles. The molecule has 1 spiro atoms. The highest BCUT2D eigenvalue weighted by atomic mass is 16.5. The Morgan fingerprint density at radius 1 is 1.40 bits per heavy atom. The standard InChI is InChI=1S/C11H13NO3/c13-7-2-1-3-9-10(7)8(14)4-11(15-9)5-12-6-11/h1-3,8,12-14H,4-6H2. The molecule has 0 amide bonds. The lowest BCUT2D eigenvalue weighted by atomic mass is 9.84. The van der Waals surface area contributed by atoms with E-state index in [9.17, 15) is 10.2 Å². The van der Waals surface area contributed by atoms with E-state index in [1.807, 2.05) is 0 Å². The number of phenols is 1. The van der Waals surface area contributed by atoms with Crippen LogP contribution in [0.1, 0.15) is 18.1 Å². The van der Waals surface area contributed by atoms with Crippen molar-refractivity contribution in [2.75, 3.05) is 13.1 Å². The van der Waals surface area contributed by atoms with Crippen LogP contribution in [-0.2, 0) is 0 Å². The number of nitrogens with one attached hydrogen (secondary N) is 1. The van der Waals surface area contributed by atoms with Crippen LogP contribution in [0.4, 0.5) is 0 Å². The summed E-state index contributed by atoms with van der Waals surface area (Å²) in [7, 11) is 0. The summed E-state index contributed by atoms with van der Waals surface area (Å²) < 4.78 is 5.82. The summed E-state index contributed by atoms with van der Waals surface area (Å²) in [5.41, 5.74) is 0.259. The van der Waals surface area contributed by atoms with Gasteiger partial charge in [0, 0.05) is 19.5 Å². The minimum absolute atomic E-state index is 0.113. The smallest absolute Gasteiger partial charge is 0.136 e. The van der Waals surface area contributed by atoms with Gasteiger partial charge in [-0.05, 0) is 12.1 Å². The molecule has 1 saturated heterocycles. The van der Waals surface area contributed by atoms with Gasteiger partial charge in [-0.2, -0.15) is 0 Å². The van der Waals surface area contributed by atoms with Gasteiger partial charge >= 0.3 is 0 Å². The first-order chi connectivity index (χ1) is 7.20. The Kier molecular flexibility index (Phi) is 1.72.